The van der Waals surface area contributed by atoms with Crippen molar-refractivity contribution in [3.63, 3.8) is 0 Å². The maximum Gasteiger partial charge on any atom is 0.409 e. The molecule has 8 heteroatoms. The number of nitrogens with zero attached hydrogens (tertiary/aromatic N) is 4. The molecular formula is C31H35ClN4O3. The highest BCUT2D eigenvalue weighted by atomic mass is 35.5. The monoisotopic (exact) mass is 546 g/mol. The number of rotatable bonds is 6. The Morgan fingerprint density at radius 1 is 1.33 bits per heavy atom. The van der Waals surface area contributed by atoms with Crippen LogP contribution in [0.15, 0.2) is 46.6 Å². The fraction of sp³-hybridized carbons (Fsp3) is 0.419. The van der Waals surface area contributed by atoms with E-state index in [0.29, 0.717) is 48.8 Å². The molecule has 1 saturated heterocycles. The van der Waals surface area contributed by atoms with E-state index < -0.39 is 0 Å². The van der Waals surface area contributed by atoms with Crippen LogP contribution in [0, 0.1) is 18.3 Å². The van der Waals surface area contributed by atoms with Gasteiger partial charge in [-0.25, -0.2) is 4.79 Å². The van der Waals surface area contributed by atoms with Crippen molar-refractivity contribution in [1.82, 2.24) is 14.8 Å². The predicted octanol–water partition coefficient (Wildman–Crippen LogP) is 5.85. The number of amides is 2. The SMILES string of the molecule is C#C/C(C)=C/C=C(\N=C)C1CCc2c(nc3cc(C(=O)N4CCN(C(=O)OCCC)C[C@@H]4C)ccc3c2Cl)C1. The van der Waals surface area contributed by atoms with Crippen LogP contribution in [0.5, 0.6) is 0 Å². The van der Waals surface area contributed by atoms with Gasteiger partial charge in [0.25, 0.3) is 5.91 Å². The summed E-state index contributed by atoms with van der Waals surface area (Å²) in [7, 11) is 0. The lowest BCUT2D eigenvalue weighted by atomic mass is 9.84. The molecule has 39 heavy (non-hydrogen) atoms. The molecule has 2 aliphatic rings. The molecule has 2 heterocycles. The third-order valence-corrected chi connectivity index (χ3v) is 7.87. The highest BCUT2D eigenvalue weighted by Gasteiger charge is 2.31. The zero-order chi connectivity index (χ0) is 28.1. The molecule has 1 aliphatic carbocycles. The Hall–Kier alpha value is -3.63. The van der Waals surface area contributed by atoms with Crippen molar-refractivity contribution in [2.45, 2.75) is 52.5 Å². The van der Waals surface area contributed by atoms with Crippen molar-refractivity contribution in [3.8, 4) is 12.3 Å². The number of halogens is 1. The fourth-order valence-corrected chi connectivity index (χ4v) is 5.59. The van der Waals surface area contributed by atoms with E-state index >= 15 is 0 Å². The fourth-order valence-electron chi connectivity index (χ4n) is 5.22. The van der Waals surface area contributed by atoms with Crippen molar-refractivity contribution < 1.29 is 14.3 Å². The molecule has 2 atom stereocenters. The summed E-state index contributed by atoms with van der Waals surface area (Å²) < 4.78 is 5.26. The van der Waals surface area contributed by atoms with E-state index in [2.05, 4.69) is 17.6 Å². The van der Waals surface area contributed by atoms with Gasteiger partial charge in [0, 0.05) is 53.9 Å². The Morgan fingerprint density at radius 2 is 2.13 bits per heavy atom. The minimum atomic E-state index is -0.324. The van der Waals surface area contributed by atoms with Crippen molar-refractivity contribution in [1.29, 1.82) is 0 Å². The molecule has 1 aliphatic heterocycles. The summed E-state index contributed by atoms with van der Waals surface area (Å²) in [5.74, 6) is 2.69. The molecule has 1 aromatic heterocycles. The molecule has 1 unspecified atom stereocenters. The summed E-state index contributed by atoms with van der Waals surface area (Å²) in [4.78, 5) is 38.4. The number of fused-ring (bicyclic) bond motifs is 2. The van der Waals surface area contributed by atoms with Gasteiger partial charge in [-0.15, -0.1) is 6.42 Å². The number of ether oxygens (including phenoxy) is 1. The first-order chi connectivity index (χ1) is 18.8. The van der Waals surface area contributed by atoms with Gasteiger partial charge < -0.3 is 14.5 Å². The van der Waals surface area contributed by atoms with E-state index in [-0.39, 0.29) is 24.0 Å². The van der Waals surface area contributed by atoms with Gasteiger partial charge in [-0.05, 0) is 81.7 Å². The number of piperazine rings is 1. The van der Waals surface area contributed by atoms with Gasteiger partial charge in [-0.1, -0.05) is 30.5 Å². The second-order valence-electron chi connectivity index (χ2n) is 10.2. The Balaban J connectivity index is 1.55. The number of pyridine rings is 1. The molecule has 7 nitrogen and oxygen atoms in total. The number of aromatic nitrogens is 1. The molecular weight excluding hydrogens is 512 g/mol. The van der Waals surface area contributed by atoms with Gasteiger partial charge >= 0.3 is 6.09 Å². The number of aliphatic imine (C=N–C) groups is 1. The summed E-state index contributed by atoms with van der Waals surface area (Å²) in [6.07, 6.45) is 12.1. The van der Waals surface area contributed by atoms with E-state index in [9.17, 15) is 9.59 Å². The normalized spacial score (nSPS) is 19.9. The van der Waals surface area contributed by atoms with E-state index in [1.165, 1.54) is 0 Å². The first-order valence-electron chi connectivity index (χ1n) is 13.4. The van der Waals surface area contributed by atoms with Crippen LogP contribution in [-0.2, 0) is 17.6 Å². The number of terminal acetylenes is 1. The van der Waals surface area contributed by atoms with E-state index in [0.717, 1.165) is 47.2 Å². The number of allylic oxidation sites excluding steroid dienone is 4. The van der Waals surface area contributed by atoms with Crippen LogP contribution in [-0.4, -0.2) is 65.8 Å². The van der Waals surface area contributed by atoms with Crippen molar-refractivity contribution in [2.75, 3.05) is 26.2 Å². The van der Waals surface area contributed by atoms with Crippen molar-refractivity contribution in [3.05, 3.63) is 63.5 Å². The number of benzene rings is 1. The van der Waals surface area contributed by atoms with Gasteiger partial charge in [0.15, 0.2) is 0 Å². The maximum absolute atomic E-state index is 13.5. The lowest BCUT2D eigenvalue weighted by Gasteiger charge is -2.39. The van der Waals surface area contributed by atoms with Gasteiger partial charge in [0.2, 0.25) is 0 Å². The average Bonchev–Trinajstić information content (AvgIpc) is 2.95. The Kier molecular flexibility index (Phi) is 9.08. The summed E-state index contributed by atoms with van der Waals surface area (Å²) in [6, 6.07) is 5.38. The molecule has 2 amide bonds. The van der Waals surface area contributed by atoms with Crippen LogP contribution in [0.4, 0.5) is 4.79 Å². The number of hydrogen-bond donors (Lipinski definition) is 0. The van der Waals surface area contributed by atoms with Crippen molar-refractivity contribution >= 4 is 41.2 Å². The van der Waals surface area contributed by atoms with Crippen LogP contribution in [0.2, 0.25) is 5.02 Å². The van der Waals surface area contributed by atoms with E-state index in [1.54, 1.807) is 9.80 Å². The number of hydrogen-bond acceptors (Lipinski definition) is 5. The zero-order valence-electron chi connectivity index (χ0n) is 22.9. The minimum absolute atomic E-state index is 0.0868. The van der Waals surface area contributed by atoms with E-state index in [4.69, 9.17) is 27.7 Å². The summed E-state index contributed by atoms with van der Waals surface area (Å²) >= 11 is 6.86. The van der Waals surface area contributed by atoms with Crippen molar-refractivity contribution in [2.24, 2.45) is 10.9 Å². The standard InChI is InChI=1S/C31H35ClN4O3/c1-6-16-39-31(38)35-14-15-36(21(4)19-35)30(37)23-10-12-25-28(18-23)34-27-17-22(9-11-24(27)29(25)32)26(33-5)13-8-20(3)7-2/h2,8,10,12-13,18,21-22H,5-6,9,11,14-17,19H2,1,3-4H3/b20-8+,26-13-/t21-,22?/m0/s1. The number of carbonyl (C=O) groups excluding carboxylic acids is 2. The first kappa shape index (κ1) is 28.4. The molecule has 0 bridgehead atoms. The first-order valence-corrected chi connectivity index (χ1v) is 13.8. The minimum Gasteiger partial charge on any atom is -0.449 e. The highest BCUT2D eigenvalue weighted by molar-refractivity contribution is 6.36. The van der Waals surface area contributed by atoms with E-state index in [1.807, 2.05) is 51.1 Å². The lowest BCUT2D eigenvalue weighted by molar-refractivity contribution is 0.0414. The third-order valence-electron chi connectivity index (χ3n) is 7.44. The van der Waals surface area contributed by atoms with Gasteiger partial charge in [0.1, 0.15) is 0 Å². The summed E-state index contributed by atoms with van der Waals surface area (Å²) in [6.45, 7) is 11.2. The summed E-state index contributed by atoms with van der Waals surface area (Å²) in [5.41, 5.74) is 4.93. The maximum atomic E-state index is 13.5. The van der Waals surface area contributed by atoms with Crippen LogP contribution >= 0.6 is 11.6 Å². The third kappa shape index (κ3) is 6.17. The zero-order valence-corrected chi connectivity index (χ0v) is 23.6. The topological polar surface area (TPSA) is 75.1 Å². The molecule has 1 fully saturated rings. The summed E-state index contributed by atoms with van der Waals surface area (Å²) in [5, 5.41) is 1.53. The molecule has 204 valence electrons. The average molecular weight is 547 g/mol. The van der Waals surface area contributed by atoms with Crippen LogP contribution < -0.4 is 0 Å². The quantitative estimate of drug-likeness (QED) is 0.259. The van der Waals surface area contributed by atoms with Gasteiger partial charge in [-0.3, -0.25) is 14.8 Å². The Labute approximate surface area is 235 Å². The van der Waals surface area contributed by atoms with Gasteiger partial charge in [-0.2, -0.15) is 0 Å². The van der Waals surface area contributed by atoms with Crippen LogP contribution in [0.1, 0.15) is 55.2 Å². The number of carbonyl (C=O) groups is 2. The Morgan fingerprint density at radius 3 is 2.82 bits per heavy atom. The Bertz CT molecular complexity index is 1390. The van der Waals surface area contributed by atoms with Crippen LogP contribution in [0.25, 0.3) is 10.9 Å². The predicted molar refractivity (Wildman–Crippen MR) is 156 cm³/mol. The molecule has 1 aromatic carbocycles. The van der Waals surface area contributed by atoms with Crippen LogP contribution in [0.3, 0.4) is 0 Å². The second-order valence-corrected chi connectivity index (χ2v) is 10.6. The molecule has 2 aromatic rings. The molecule has 0 N–H and O–H groups in total. The lowest BCUT2D eigenvalue weighted by Crippen LogP contribution is -2.55. The molecule has 0 spiro atoms. The smallest absolute Gasteiger partial charge is 0.409 e. The largest absolute Gasteiger partial charge is 0.449 e. The van der Waals surface area contributed by atoms with Gasteiger partial charge in [0.05, 0.1) is 17.1 Å². The molecule has 0 radical (unpaired) electrons. The molecule has 0 saturated carbocycles. The highest BCUT2D eigenvalue weighted by Crippen LogP contribution is 2.37. The molecule has 4 rings (SSSR count). The second kappa shape index (κ2) is 12.5.